The number of nitrogens with two attached hydrogens (primary N) is 1. The number of phenols is 1. The van der Waals surface area contributed by atoms with Gasteiger partial charge in [0, 0.05) is 6.07 Å². The van der Waals surface area contributed by atoms with E-state index >= 15 is 0 Å². The van der Waals surface area contributed by atoms with Crippen molar-refractivity contribution < 1.29 is 19.6 Å². The van der Waals surface area contributed by atoms with Crippen LogP contribution in [-0.2, 0) is 4.79 Å². The van der Waals surface area contributed by atoms with Gasteiger partial charge in [-0.1, -0.05) is 0 Å². The standard InChI is InChI=1S/C11H9N3O5S/c1-19-7-3-5(2-6(9(7)15)14(17)18)4-8-10(16)13-11(12)20-8/h2-4,15H,1H3,(H2,12,13,16)/b8-4-. The number of nitro benzene ring substituents is 1. The number of nitrogens with zero attached hydrogens (tertiary/aromatic N) is 2. The molecular weight excluding hydrogens is 286 g/mol. The maximum atomic E-state index is 11.5. The van der Waals surface area contributed by atoms with Gasteiger partial charge in [0.05, 0.1) is 16.9 Å². The Balaban J connectivity index is 2.48. The number of amides is 1. The molecule has 1 aromatic carbocycles. The molecule has 0 radical (unpaired) electrons. The van der Waals surface area contributed by atoms with Crippen LogP contribution in [-0.4, -0.2) is 28.2 Å². The van der Waals surface area contributed by atoms with Gasteiger partial charge in [0.25, 0.3) is 5.91 Å². The van der Waals surface area contributed by atoms with Crippen molar-refractivity contribution in [3.8, 4) is 11.5 Å². The van der Waals surface area contributed by atoms with Crippen LogP contribution in [0.5, 0.6) is 11.5 Å². The molecule has 104 valence electrons. The molecule has 0 atom stereocenters. The number of ether oxygens (including phenoxy) is 1. The molecule has 0 unspecified atom stereocenters. The minimum absolute atomic E-state index is 0.0598. The Morgan fingerprint density at radius 1 is 1.55 bits per heavy atom. The van der Waals surface area contributed by atoms with Crippen molar-refractivity contribution >= 4 is 34.6 Å². The van der Waals surface area contributed by atoms with Gasteiger partial charge in [0.1, 0.15) is 0 Å². The number of methoxy groups -OCH3 is 1. The fourth-order valence-corrected chi connectivity index (χ4v) is 2.25. The van der Waals surface area contributed by atoms with Crippen LogP contribution in [0.15, 0.2) is 22.0 Å². The largest absolute Gasteiger partial charge is 0.500 e. The molecule has 9 heteroatoms. The highest BCUT2D eigenvalue weighted by atomic mass is 32.2. The lowest BCUT2D eigenvalue weighted by Gasteiger charge is -2.05. The van der Waals surface area contributed by atoms with Crippen LogP contribution in [0.4, 0.5) is 5.69 Å². The lowest BCUT2D eigenvalue weighted by Crippen LogP contribution is -2.01. The van der Waals surface area contributed by atoms with Crippen LogP contribution in [0.25, 0.3) is 6.08 Å². The molecule has 1 aromatic rings. The molecule has 8 nitrogen and oxygen atoms in total. The second kappa shape index (κ2) is 5.21. The molecule has 2 rings (SSSR count). The topological polar surface area (TPSA) is 128 Å². The van der Waals surface area contributed by atoms with Gasteiger partial charge in [0.2, 0.25) is 5.75 Å². The first-order valence-electron chi connectivity index (χ1n) is 5.26. The number of nitro groups is 1. The van der Waals surface area contributed by atoms with Gasteiger partial charge in [0.15, 0.2) is 10.9 Å². The molecule has 0 aliphatic carbocycles. The lowest BCUT2D eigenvalue weighted by atomic mass is 10.1. The maximum absolute atomic E-state index is 11.5. The molecule has 20 heavy (non-hydrogen) atoms. The van der Waals surface area contributed by atoms with E-state index in [0.717, 1.165) is 17.8 Å². The zero-order chi connectivity index (χ0) is 14.9. The Morgan fingerprint density at radius 2 is 2.25 bits per heavy atom. The van der Waals surface area contributed by atoms with Crippen molar-refractivity contribution in [2.75, 3.05) is 7.11 Å². The average molecular weight is 295 g/mol. The highest BCUT2D eigenvalue weighted by Crippen LogP contribution is 2.38. The van der Waals surface area contributed by atoms with Crippen molar-refractivity contribution in [3.63, 3.8) is 0 Å². The van der Waals surface area contributed by atoms with Gasteiger partial charge in [-0.25, -0.2) is 0 Å². The minimum atomic E-state index is -0.742. The number of carbonyl (C=O) groups excluding carboxylic acids is 1. The molecule has 0 fully saturated rings. The predicted octanol–water partition coefficient (Wildman–Crippen LogP) is 1.24. The molecule has 0 bridgehead atoms. The van der Waals surface area contributed by atoms with E-state index in [1.54, 1.807) is 0 Å². The smallest absolute Gasteiger partial charge is 0.315 e. The van der Waals surface area contributed by atoms with Crippen LogP contribution in [0.1, 0.15) is 5.56 Å². The summed E-state index contributed by atoms with van der Waals surface area (Å²) in [6.45, 7) is 0. The number of aliphatic imine (C=N–C) groups is 1. The molecule has 0 saturated heterocycles. The number of hydrogen-bond acceptors (Lipinski definition) is 7. The third-order valence-corrected chi connectivity index (χ3v) is 3.24. The normalized spacial score (nSPS) is 16.4. The van der Waals surface area contributed by atoms with Gasteiger partial charge < -0.3 is 15.6 Å². The van der Waals surface area contributed by atoms with Crippen molar-refractivity contribution in [2.24, 2.45) is 10.7 Å². The highest BCUT2D eigenvalue weighted by Gasteiger charge is 2.22. The summed E-state index contributed by atoms with van der Waals surface area (Å²) in [6.07, 6.45) is 1.39. The minimum Gasteiger partial charge on any atom is -0.500 e. The molecule has 1 amide bonds. The summed E-state index contributed by atoms with van der Waals surface area (Å²) in [5.74, 6) is -1.14. The van der Waals surface area contributed by atoms with Gasteiger partial charge in [-0.05, 0) is 29.5 Å². The number of amidine groups is 1. The average Bonchev–Trinajstić information content (AvgIpc) is 2.69. The van der Waals surface area contributed by atoms with Crippen molar-refractivity contribution in [3.05, 3.63) is 32.7 Å². The molecule has 0 saturated carbocycles. The number of thioether (sulfide) groups is 1. The molecule has 1 heterocycles. The second-order valence-corrected chi connectivity index (χ2v) is 4.78. The summed E-state index contributed by atoms with van der Waals surface area (Å²) in [5.41, 5.74) is 5.22. The Hall–Kier alpha value is -2.55. The van der Waals surface area contributed by atoms with Gasteiger partial charge in [-0.2, -0.15) is 4.99 Å². The van der Waals surface area contributed by atoms with E-state index in [9.17, 15) is 20.0 Å². The molecule has 0 spiro atoms. The van der Waals surface area contributed by atoms with Crippen molar-refractivity contribution in [1.82, 2.24) is 0 Å². The van der Waals surface area contributed by atoms with E-state index in [2.05, 4.69) is 4.99 Å². The van der Waals surface area contributed by atoms with Gasteiger partial charge in [-0.3, -0.25) is 14.9 Å². The monoisotopic (exact) mass is 295 g/mol. The van der Waals surface area contributed by atoms with Gasteiger partial charge in [-0.15, -0.1) is 0 Å². The molecule has 1 aliphatic rings. The van der Waals surface area contributed by atoms with Crippen LogP contribution in [0, 0.1) is 10.1 Å². The van der Waals surface area contributed by atoms with E-state index in [4.69, 9.17) is 10.5 Å². The Bertz CT molecular complexity index is 668. The fraction of sp³-hybridized carbons (Fsp3) is 0.0909. The van der Waals surface area contributed by atoms with Crippen molar-refractivity contribution in [2.45, 2.75) is 0 Å². The summed E-state index contributed by atoms with van der Waals surface area (Å²) < 4.78 is 4.86. The van der Waals surface area contributed by atoms with Gasteiger partial charge >= 0.3 is 5.69 Å². The quantitative estimate of drug-likeness (QED) is 0.487. The lowest BCUT2D eigenvalue weighted by molar-refractivity contribution is -0.386. The molecular formula is C11H9N3O5S. The zero-order valence-electron chi connectivity index (χ0n) is 10.2. The molecule has 1 aliphatic heterocycles. The summed E-state index contributed by atoms with van der Waals surface area (Å²) >= 11 is 0.967. The van der Waals surface area contributed by atoms with Crippen molar-refractivity contribution in [1.29, 1.82) is 0 Å². The first-order chi connectivity index (χ1) is 9.42. The van der Waals surface area contributed by atoms with E-state index in [1.807, 2.05) is 0 Å². The molecule has 0 aromatic heterocycles. The Kier molecular flexibility index (Phi) is 3.61. The van der Waals surface area contributed by atoms with Crippen LogP contribution >= 0.6 is 11.8 Å². The number of phenolic OH excluding ortho intramolecular Hbond substituents is 1. The first kappa shape index (κ1) is 13.9. The van der Waals surface area contributed by atoms with Crippen LogP contribution < -0.4 is 10.5 Å². The summed E-state index contributed by atoms with van der Waals surface area (Å²) in [4.78, 5) is 25.3. The summed E-state index contributed by atoms with van der Waals surface area (Å²) in [6, 6.07) is 2.50. The van der Waals surface area contributed by atoms with E-state index in [1.165, 1.54) is 19.3 Å². The summed E-state index contributed by atoms with van der Waals surface area (Å²) in [7, 11) is 1.27. The summed E-state index contributed by atoms with van der Waals surface area (Å²) in [5, 5.41) is 20.6. The van der Waals surface area contributed by atoms with Crippen LogP contribution in [0.2, 0.25) is 0 Å². The second-order valence-electron chi connectivity index (χ2n) is 3.71. The zero-order valence-corrected chi connectivity index (χ0v) is 11.0. The fourth-order valence-electron chi connectivity index (χ4n) is 1.57. The van der Waals surface area contributed by atoms with E-state index in [0.29, 0.717) is 5.56 Å². The maximum Gasteiger partial charge on any atom is 0.315 e. The number of carbonyl (C=O) groups is 1. The Labute approximate surface area is 117 Å². The number of benzene rings is 1. The predicted molar refractivity (Wildman–Crippen MR) is 73.5 cm³/mol. The third-order valence-electron chi connectivity index (χ3n) is 2.43. The highest BCUT2D eigenvalue weighted by molar-refractivity contribution is 8.18. The number of aromatic hydroxyl groups is 1. The third kappa shape index (κ3) is 2.57. The van der Waals surface area contributed by atoms with Crippen LogP contribution in [0.3, 0.4) is 0 Å². The SMILES string of the molecule is COc1cc(/C=C2\SC(N)=NC2=O)cc([N+](=O)[O-])c1O. The number of rotatable bonds is 3. The van der Waals surface area contributed by atoms with E-state index in [-0.39, 0.29) is 15.8 Å². The Morgan fingerprint density at radius 3 is 2.75 bits per heavy atom. The first-order valence-corrected chi connectivity index (χ1v) is 6.07. The van der Waals surface area contributed by atoms with E-state index < -0.39 is 22.3 Å². The number of hydrogen-bond donors (Lipinski definition) is 2. The molecule has 3 N–H and O–H groups in total.